The number of pyridine rings is 1. The Kier molecular flexibility index (Phi) is 7.28. The molecule has 2 atom stereocenters. The zero-order chi connectivity index (χ0) is 27.5. The first-order valence-corrected chi connectivity index (χ1v) is 13.6. The number of imidazole rings is 1. The highest BCUT2D eigenvalue weighted by molar-refractivity contribution is 5.93. The molecule has 2 aliphatic heterocycles. The van der Waals surface area contributed by atoms with Crippen LogP contribution in [0.25, 0.3) is 34.2 Å². The van der Waals surface area contributed by atoms with Crippen LogP contribution in [-0.2, 0) is 9.53 Å². The topological polar surface area (TPSA) is 138 Å². The lowest BCUT2D eigenvalue weighted by molar-refractivity contribution is -0.121. The van der Waals surface area contributed by atoms with Crippen LogP contribution in [-0.4, -0.2) is 66.4 Å². The first-order valence-electron chi connectivity index (χ1n) is 13.6. The molecule has 2 aliphatic rings. The van der Waals surface area contributed by atoms with E-state index in [1.807, 2.05) is 53.2 Å². The molecule has 4 aromatic rings. The maximum atomic E-state index is 12.7. The van der Waals surface area contributed by atoms with E-state index in [2.05, 4.69) is 20.4 Å². The zero-order valence-electron chi connectivity index (χ0n) is 22.0. The quantitative estimate of drug-likeness (QED) is 0.311. The largest absolute Gasteiger partial charge is 0.465 e. The van der Waals surface area contributed by atoms with Crippen LogP contribution >= 0.6 is 0 Å². The average molecular weight is 542 g/mol. The number of carboxylic acid groups (broad SMARTS) is 1. The molecular formula is C29H31N7O4. The molecule has 0 spiro atoms. The molecule has 11 nitrogen and oxygen atoms in total. The molecule has 40 heavy (non-hydrogen) atoms. The van der Waals surface area contributed by atoms with Gasteiger partial charge in [-0.2, -0.15) is 5.10 Å². The summed E-state index contributed by atoms with van der Waals surface area (Å²) in [5.41, 5.74) is 4.82. The minimum atomic E-state index is -0.983. The van der Waals surface area contributed by atoms with Crippen LogP contribution in [0.15, 0.2) is 60.9 Å². The van der Waals surface area contributed by atoms with E-state index in [-0.39, 0.29) is 24.6 Å². The normalized spacial score (nSPS) is 19.4. The fourth-order valence-corrected chi connectivity index (χ4v) is 5.31. The summed E-state index contributed by atoms with van der Waals surface area (Å²) < 4.78 is 7.84. The van der Waals surface area contributed by atoms with Gasteiger partial charge in [0.05, 0.1) is 29.2 Å². The molecule has 0 saturated carbocycles. The van der Waals surface area contributed by atoms with E-state index < -0.39 is 6.09 Å². The maximum Gasteiger partial charge on any atom is 0.407 e. The summed E-state index contributed by atoms with van der Waals surface area (Å²) in [7, 11) is 0. The molecular weight excluding hydrogens is 510 g/mol. The standard InChI is InChI=1S/C29H31N7O4/c37-28(20-5-4-15-35(18-20)29(38)39)32-21-11-9-19(10-12-21)24-17-30-27(34-24)23-7-3-6-22(33-23)25-13-14-31-36(25)26-8-1-2-16-40-26/h3,6-7,9-14,17,20,26H,1-2,4-5,8,15-16,18H2,(H,30,34)(H,32,37)(H,38,39)/t20-,26?/m0/s1. The van der Waals surface area contributed by atoms with Crippen molar-refractivity contribution in [3.63, 3.8) is 0 Å². The SMILES string of the molecule is O=C(Nc1ccc(-c2cnc(-c3cccc(-c4ccnn4C4CCCCO4)n3)[nH]2)cc1)[C@H]1CCCN(C(=O)O)C1. The van der Waals surface area contributed by atoms with Crippen molar-refractivity contribution in [3.8, 4) is 34.2 Å². The van der Waals surface area contributed by atoms with E-state index in [1.54, 1.807) is 12.4 Å². The number of carbonyl (C=O) groups is 2. The van der Waals surface area contributed by atoms with Gasteiger partial charge in [0.15, 0.2) is 12.1 Å². The molecule has 0 bridgehead atoms. The molecule has 2 amide bonds. The highest BCUT2D eigenvalue weighted by Gasteiger charge is 2.28. The Morgan fingerprint density at radius 1 is 1.02 bits per heavy atom. The number of nitrogens with zero attached hydrogens (tertiary/aromatic N) is 5. The van der Waals surface area contributed by atoms with Gasteiger partial charge in [0, 0.05) is 31.6 Å². The number of hydrogen-bond acceptors (Lipinski definition) is 6. The van der Waals surface area contributed by atoms with Crippen LogP contribution in [0, 0.1) is 5.92 Å². The number of rotatable bonds is 6. The number of H-pyrrole nitrogens is 1. The van der Waals surface area contributed by atoms with Gasteiger partial charge in [-0.3, -0.25) is 4.79 Å². The zero-order valence-corrected chi connectivity index (χ0v) is 22.0. The summed E-state index contributed by atoms with van der Waals surface area (Å²) in [4.78, 5) is 38.0. The van der Waals surface area contributed by atoms with Crippen molar-refractivity contribution < 1.29 is 19.4 Å². The lowest BCUT2D eigenvalue weighted by Gasteiger charge is -2.29. The van der Waals surface area contributed by atoms with Crippen LogP contribution < -0.4 is 5.32 Å². The van der Waals surface area contributed by atoms with Gasteiger partial charge in [-0.15, -0.1) is 0 Å². The second-order valence-corrected chi connectivity index (χ2v) is 10.2. The van der Waals surface area contributed by atoms with Crippen LogP contribution in [0.3, 0.4) is 0 Å². The minimum Gasteiger partial charge on any atom is -0.465 e. The summed E-state index contributed by atoms with van der Waals surface area (Å²) in [5.74, 6) is 0.135. The second kappa shape index (κ2) is 11.3. The highest BCUT2D eigenvalue weighted by Crippen LogP contribution is 2.29. The van der Waals surface area contributed by atoms with Gasteiger partial charge in [0.2, 0.25) is 5.91 Å². The predicted octanol–water partition coefficient (Wildman–Crippen LogP) is 5.03. The molecule has 1 unspecified atom stereocenters. The van der Waals surface area contributed by atoms with Crippen LogP contribution in [0.1, 0.15) is 38.3 Å². The fourth-order valence-electron chi connectivity index (χ4n) is 5.31. The lowest BCUT2D eigenvalue weighted by Crippen LogP contribution is -2.43. The van der Waals surface area contributed by atoms with E-state index in [9.17, 15) is 14.7 Å². The number of amides is 2. The third kappa shape index (κ3) is 5.46. The summed E-state index contributed by atoms with van der Waals surface area (Å²) in [6.45, 7) is 1.44. The van der Waals surface area contributed by atoms with Gasteiger partial charge >= 0.3 is 6.09 Å². The van der Waals surface area contributed by atoms with E-state index in [0.717, 1.165) is 48.5 Å². The van der Waals surface area contributed by atoms with E-state index in [0.29, 0.717) is 36.6 Å². The minimum absolute atomic E-state index is 0.0747. The molecule has 0 radical (unpaired) electrons. The van der Waals surface area contributed by atoms with Crippen molar-refractivity contribution >= 4 is 17.7 Å². The average Bonchev–Trinajstić information content (AvgIpc) is 3.69. The maximum absolute atomic E-state index is 12.7. The van der Waals surface area contributed by atoms with Crippen molar-refractivity contribution in [2.45, 2.75) is 38.3 Å². The molecule has 2 saturated heterocycles. The van der Waals surface area contributed by atoms with Crippen LogP contribution in [0.2, 0.25) is 0 Å². The third-order valence-corrected chi connectivity index (χ3v) is 7.45. The predicted molar refractivity (Wildman–Crippen MR) is 148 cm³/mol. The van der Waals surface area contributed by atoms with Crippen molar-refractivity contribution in [2.75, 3.05) is 25.0 Å². The van der Waals surface area contributed by atoms with Crippen molar-refractivity contribution in [3.05, 3.63) is 60.9 Å². The van der Waals surface area contributed by atoms with E-state index >= 15 is 0 Å². The molecule has 5 heterocycles. The number of piperidine rings is 1. The number of nitrogens with one attached hydrogen (secondary N) is 2. The van der Waals surface area contributed by atoms with E-state index in [4.69, 9.17) is 9.72 Å². The fraction of sp³-hybridized carbons (Fsp3) is 0.345. The Morgan fingerprint density at radius 3 is 2.67 bits per heavy atom. The number of aromatic nitrogens is 5. The van der Waals surface area contributed by atoms with E-state index in [1.165, 1.54) is 4.90 Å². The third-order valence-electron chi connectivity index (χ3n) is 7.45. The number of aromatic amines is 1. The summed E-state index contributed by atoms with van der Waals surface area (Å²) in [6.07, 6.45) is 6.97. The van der Waals surface area contributed by atoms with Crippen LogP contribution in [0.4, 0.5) is 10.5 Å². The van der Waals surface area contributed by atoms with Gasteiger partial charge in [0.1, 0.15) is 5.69 Å². The van der Waals surface area contributed by atoms with Gasteiger partial charge < -0.3 is 25.0 Å². The number of ether oxygens (including phenoxy) is 1. The molecule has 11 heteroatoms. The number of hydrogen-bond donors (Lipinski definition) is 3. The molecule has 206 valence electrons. The first-order chi connectivity index (χ1) is 19.5. The Labute approximate surface area is 231 Å². The second-order valence-electron chi connectivity index (χ2n) is 10.2. The molecule has 1 aromatic carbocycles. The van der Waals surface area contributed by atoms with Crippen molar-refractivity contribution in [2.24, 2.45) is 5.92 Å². The molecule has 0 aliphatic carbocycles. The van der Waals surface area contributed by atoms with Gasteiger partial charge in [-0.1, -0.05) is 18.2 Å². The first kappa shape index (κ1) is 25.8. The number of benzene rings is 1. The summed E-state index contributed by atoms with van der Waals surface area (Å²) in [6, 6.07) is 15.3. The number of likely N-dealkylation sites (tertiary alicyclic amines) is 1. The lowest BCUT2D eigenvalue weighted by atomic mass is 9.97. The molecule has 3 aromatic heterocycles. The Balaban J connectivity index is 1.14. The molecule has 6 rings (SSSR count). The Hall–Kier alpha value is -4.51. The smallest absolute Gasteiger partial charge is 0.407 e. The van der Waals surface area contributed by atoms with Gasteiger partial charge in [-0.25, -0.2) is 19.4 Å². The summed E-state index contributed by atoms with van der Waals surface area (Å²) in [5, 5.41) is 16.7. The monoisotopic (exact) mass is 541 g/mol. The highest BCUT2D eigenvalue weighted by atomic mass is 16.5. The van der Waals surface area contributed by atoms with Crippen molar-refractivity contribution in [1.82, 2.24) is 29.6 Å². The molecule has 2 fully saturated rings. The van der Waals surface area contributed by atoms with Crippen LogP contribution in [0.5, 0.6) is 0 Å². The van der Waals surface area contributed by atoms with Gasteiger partial charge in [0.25, 0.3) is 0 Å². The number of carbonyl (C=O) groups excluding carboxylic acids is 1. The summed E-state index contributed by atoms with van der Waals surface area (Å²) >= 11 is 0. The Bertz CT molecular complexity index is 1490. The van der Waals surface area contributed by atoms with Gasteiger partial charge in [-0.05, 0) is 68.0 Å². The number of anilines is 1. The molecule has 3 N–H and O–H groups in total. The van der Waals surface area contributed by atoms with Crippen molar-refractivity contribution in [1.29, 1.82) is 0 Å². The Morgan fingerprint density at radius 2 is 1.88 bits per heavy atom.